The van der Waals surface area contributed by atoms with E-state index in [0.29, 0.717) is 0 Å². The summed E-state index contributed by atoms with van der Waals surface area (Å²) in [6.07, 6.45) is 3.71. The summed E-state index contributed by atoms with van der Waals surface area (Å²) in [5, 5.41) is 13.7. The van der Waals surface area contributed by atoms with Crippen molar-refractivity contribution in [2.75, 3.05) is 6.61 Å². The number of nitrogens with one attached hydrogen (secondary N) is 2. The third kappa shape index (κ3) is 1.77. The average Bonchev–Trinajstić information content (AvgIpc) is 2.59. The van der Waals surface area contributed by atoms with Gasteiger partial charge in [-0.2, -0.15) is 0 Å². The van der Waals surface area contributed by atoms with Crippen molar-refractivity contribution in [1.29, 1.82) is 0 Å². The Bertz CT molecular complexity index is 403. The minimum absolute atomic E-state index is 0.0216. The molecule has 1 aromatic rings. The lowest BCUT2D eigenvalue weighted by Gasteiger charge is -2.29. The number of rotatable bonds is 2. The van der Waals surface area contributed by atoms with Crippen molar-refractivity contribution >= 4 is 0 Å². The van der Waals surface area contributed by atoms with Crippen molar-refractivity contribution in [2.24, 2.45) is 5.92 Å². The monoisotopic (exact) mass is 213 g/mol. The Morgan fingerprint density at radius 1 is 1.20 bits per heavy atom. The first-order chi connectivity index (χ1) is 7.24. The third-order valence-electron chi connectivity index (χ3n) is 3.15. The molecule has 0 aromatic carbocycles. The molecular weight excluding hydrogens is 198 g/mol. The predicted octanol–water partition coefficient (Wildman–Crippen LogP) is -0.412. The average molecular weight is 213 g/mol. The van der Waals surface area contributed by atoms with Gasteiger partial charge in [-0.1, -0.05) is 12.8 Å². The fourth-order valence-electron chi connectivity index (χ4n) is 2.36. The van der Waals surface area contributed by atoms with Gasteiger partial charge in [-0.05, 0) is 12.8 Å². The number of aliphatic hydroxyl groups excluding tert-OH is 1. The van der Waals surface area contributed by atoms with Crippen LogP contribution in [-0.4, -0.2) is 26.5 Å². The number of aromatic amines is 2. The van der Waals surface area contributed by atoms with Crippen LogP contribution in [0.15, 0.2) is 9.59 Å². The Morgan fingerprint density at radius 3 is 2.40 bits per heavy atom. The van der Waals surface area contributed by atoms with E-state index in [9.17, 15) is 14.7 Å². The lowest BCUT2D eigenvalue weighted by atomic mass is 9.85. The highest BCUT2D eigenvalue weighted by atomic mass is 16.3. The molecule has 2 atom stereocenters. The van der Waals surface area contributed by atoms with E-state index in [1.807, 2.05) is 0 Å². The molecule has 1 aliphatic carbocycles. The second-order valence-corrected chi connectivity index (χ2v) is 4.02. The maximum absolute atomic E-state index is 11.4. The van der Waals surface area contributed by atoms with Gasteiger partial charge in [0.25, 0.3) is 0 Å². The van der Waals surface area contributed by atoms with E-state index >= 15 is 0 Å². The molecule has 1 aromatic heterocycles. The molecule has 6 nitrogen and oxygen atoms in total. The Hall–Kier alpha value is -1.30. The first-order valence-electron chi connectivity index (χ1n) is 5.24. The lowest BCUT2D eigenvalue weighted by Crippen LogP contribution is -2.37. The van der Waals surface area contributed by atoms with Crippen molar-refractivity contribution in [3.05, 3.63) is 21.0 Å². The molecule has 1 aliphatic rings. The summed E-state index contributed by atoms with van der Waals surface area (Å²) in [6.45, 7) is 0.0295. The topological polar surface area (TPSA) is 90.9 Å². The van der Waals surface area contributed by atoms with Gasteiger partial charge in [0, 0.05) is 18.6 Å². The van der Waals surface area contributed by atoms with E-state index in [2.05, 4.69) is 10.2 Å². The van der Waals surface area contributed by atoms with Crippen LogP contribution >= 0.6 is 0 Å². The van der Waals surface area contributed by atoms with Crippen LogP contribution in [0.4, 0.5) is 0 Å². The van der Waals surface area contributed by atoms with Crippen LogP contribution in [0.5, 0.6) is 0 Å². The van der Waals surface area contributed by atoms with E-state index < -0.39 is 11.4 Å². The zero-order valence-electron chi connectivity index (χ0n) is 8.40. The minimum Gasteiger partial charge on any atom is -0.396 e. The summed E-state index contributed by atoms with van der Waals surface area (Å²) in [6, 6.07) is -0.161. The van der Waals surface area contributed by atoms with Gasteiger partial charge in [-0.3, -0.25) is 0 Å². The van der Waals surface area contributed by atoms with Crippen LogP contribution in [0.25, 0.3) is 0 Å². The van der Waals surface area contributed by atoms with Crippen LogP contribution in [0, 0.1) is 5.92 Å². The molecule has 3 N–H and O–H groups in total. The van der Waals surface area contributed by atoms with Gasteiger partial charge in [-0.15, -0.1) is 0 Å². The summed E-state index contributed by atoms with van der Waals surface area (Å²) in [5.74, 6) is 0.0216. The molecule has 6 heteroatoms. The maximum atomic E-state index is 11.4. The number of aliphatic hydroxyl groups is 1. The molecule has 0 aliphatic heterocycles. The van der Waals surface area contributed by atoms with Crippen LogP contribution < -0.4 is 11.4 Å². The van der Waals surface area contributed by atoms with Gasteiger partial charge in [0.15, 0.2) is 0 Å². The van der Waals surface area contributed by atoms with Crippen molar-refractivity contribution in [1.82, 2.24) is 14.8 Å². The van der Waals surface area contributed by atoms with E-state index in [0.717, 1.165) is 25.7 Å². The van der Waals surface area contributed by atoms with Gasteiger partial charge in [0.05, 0.1) is 0 Å². The molecule has 0 bridgehead atoms. The zero-order valence-corrected chi connectivity index (χ0v) is 8.40. The van der Waals surface area contributed by atoms with E-state index in [1.54, 1.807) is 0 Å². The van der Waals surface area contributed by atoms with E-state index in [4.69, 9.17) is 0 Å². The van der Waals surface area contributed by atoms with Gasteiger partial charge in [0.2, 0.25) is 0 Å². The summed E-state index contributed by atoms with van der Waals surface area (Å²) < 4.78 is 1.19. The standard InChI is InChI=1S/C9H15N3O3/c13-5-6-3-1-2-4-7(6)12-8(14)10-11-9(12)15/h6-7,13H,1-5H2,(H,10,14)(H,11,15). The minimum atomic E-state index is -0.412. The van der Waals surface area contributed by atoms with Crippen LogP contribution in [0.1, 0.15) is 31.7 Å². The maximum Gasteiger partial charge on any atom is 0.344 e. The van der Waals surface area contributed by atoms with Crippen molar-refractivity contribution < 1.29 is 5.11 Å². The van der Waals surface area contributed by atoms with Gasteiger partial charge in [0.1, 0.15) is 0 Å². The first kappa shape index (κ1) is 10.2. The Labute approximate surface area is 85.9 Å². The van der Waals surface area contributed by atoms with Gasteiger partial charge >= 0.3 is 11.4 Å². The summed E-state index contributed by atoms with van der Waals surface area (Å²) in [7, 11) is 0. The molecule has 0 radical (unpaired) electrons. The Morgan fingerprint density at radius 2 is 1.80 bits per heavy atom. The summed E-state index contributed by atoms with van der Waals surface area (Å²) in [4.78, 5) is 22.8. The molecule has 1 fully saturated rings. The number of H-pyrrole nitrogens is 2. The quantitative estimate of drug-likeness (QED) is 0.623. The third-order valence-corrected chi connectivity index (χ3v) is 3.15. The normalized spacial score (nSPS) is 26.7. The molecule has 0 amide bonds. The fourth-order valence-corrected chi connectivity index (χ4v) is 2.36. The molecule has 2 rings (SSSR count). The zero-order chi connectivity index (χ0) is 10.8. The molecule has 84 valence electrons. The van der Waals surface area contributed by atoms with Crippen LogP contribution in [0.3, 0.4) is 0 Å². The summed E-state index contributed by atoms with van der Waals surface area (Å²) >= 11 is 0. The van der Waals surface area contributed by atoms with Crippen molar-refractivity contribution in [2.45, 2.75) is 31.7 Å². The van der Waals surface area contributed by atoms with Crippen molar-refractivity contribution in [3.63, 3.8) is 0 Å². The second kappa shape index (κ2) is 4.06. The lowest BCUT2D eigenvalue weighted by molar-refractivity contribution is 0.135. The predicted molar refractivity (Wildman–Crippen MR) is 53.8 cm³/mol. The summed E-state index contributed by atoms with van der Waals surface area (Å²) in [5.41, 5.74) is -0.823. The Balaban J connectivity index is 2.36. The largest absolute Gasteiger partial charge is 0.396 e. The Kier molecular flexibility index (Phi) is 2.77. The fraction of sp³-hybridized carbons (Fsp3) is 0.778. The van der Waals surface area contributed by atoms with Gasteiger partial charge < -0.3 is 5.11 Å². The molecule has 1 saturated carbocycles. The number of nitrogens with zero attached hydrogens (tertiary/aromatic N) is 1. The molecule has 0 spiro atoms. The number of hydrogen-bond acceptors (Lipinski definition) is 3. The molecule has 0 saturated heterocycles. The van der Waals surface area contributed by atoms with E-state index in [-0.39, 0.29) is 18.6 Å². The van der Waals surface area contributed by atoms with Crippen LogP contribution in [-0.2, 0) is 0 Å². The smallest absolute Gasteiger partial charge is 0.344 e. The highest BCUT2D eigenvalue weighted by Crippen LogP contribution is 2.31. The van der Waals surface area contributed by atoms with Gasteiger partial charge in [-0.25, -0.2) is 24.4 Å². The van der Waals surface area contributed by atoms with Crippen molar-refractivity contribution in [3.8, 4) is 0 Å². The second-order valence-electron chi connectivity index (χ2n) is 4.02. The first-order valence-corrected chi connectivity index (χ1v) is 5.24. The van der Waals surface area contributed by atoms with Crippen LogP contribution in [0.2, 0.25) is 0 Å². The molecule has 1 heterocycles. The SMILES string of the molecule is O=c1[nH][nH]c(=O)n1C1CCCCC1CO. The number of hydrogen-bond donors (Lipinski definition) is 3. The molecule has 15 heavy (non-hydrogen) atoms. The molecule has 2 unspecified atom stereocenters. The van der Waals surface area contributed by atoms with E-state index in [1.165, 1.54) is 4.57 Å². The highest BCUT2D eigenvalue weighted by Gasteiger charge is 2.28. The highest BCUT2D eigenvalue weighted by molar-refractivity contribution is 4.83. The number of aromatic nitrogens is 3. The molecular formula is C9H15N3O3.